The van der Waals surface area contributed by atoms with Crippen molar-refractivity contribution in [3.63, 3.8) is 0 Å². The fourth-order valence-corrected chi connectivity index (χ4v) is 9.14. The minimum absolute atomic E-state index is 0.000769. The number of benzene rings is 2. The van der Waals surface area contributed by atoms with Gasteiger partial charge in [-0.2, -0.15) is 9.97 Å². The molecule has 0 atom stereocenters. The van der Waals surface area contributed by atoms with Crippen molar-refractivity contribution in [2.45, 2.75) is 37.8 Å². The molecule has 2 fully saturated rings. The maximum atomic E-state index is 13.8. The van der Waals surface area contributed by atoms with Gasteiger partial charge < -0.3 is 20.1 Å². The topological polar surface area (TPSA) is 189 Å². The van der Waals surface area contributed by atoms with E-state index in [2.05, 4.69) is 30.6 Å². The number of aromatic nitrogens is 6. The van der Waals surface area contributed by atoms with Gasteiger partial charge in [0.25, 0.3) is 11.1 Å². The molecule has 6 heterocycles. The van der Waals surface area contributed by atoms with Gasteiger partial charge in [-0.15, -0.1) is 0 Å². The summed E-state index contributed by atoms with van der Waals surface area (Å²) < 4.78 is 75.9. The van der Waals surface area contributed by atoms with E-state index in [4.69, 9.17) is 9.47 Å². The Hall–Kier alpha value is -5.82. The SMILES string of the molecule is Cn1c(=O)c(Oc2ccccc2F)cc2cnc(NC3CCS(=O)(=O)CC3)nc21.Cn1c(=O)c(Oc2ccccc2F)cc2cnc(NC3CCS(=O)CC3)nc21. The molecule has 2 aliphatic heterocycles. The highest BCUT2D eigenvalue weighted by molar-refractivity contribution is 7.91. The lowest BCUT2D eigenvalue weighted by atomic mass is 10.2. The highest BCUT2D eigenvalue weighted by Crippen LogP contribution is 2.26. The highest BCUT2D eigenvalue weighted by atomic mass is 32.2. The zero-order valence-electron chi connectivity index (χ0n) is 30.9. The lowest BCUT2D eigenvalue weighted by Crippen LogP contribution is -2.32. The Morgan fingerprint density at radius 2 is 1.11 bits per heavy atom. The molecule has 0 aliphatic carbocycles. The molecule has 0 saturated carbocycles. The van der Waals surface area contributed by atoms with Crippen LogP contribution in [0.25, 0.3) is 22.1 Å². The summed E-state index contributed by atoms with van der Waals surface area (Å²) in [6, 6.07) is 14.8. The summed E-state index contributed by atoms with van der Waals surface area (Å²) in [5.74, 6) is 1.12. The summed E-state index contributed by atoms with van der Waals surface area (Å²) in [5, 5.41) is 7.54. The number of anilines is 2. The van der Waals surface area contributed by atoms with E-state index < -0.39 is 43.4 Å². The molecule has 0 radical (unpaired) electrons. The Labute approximate surface area is 327 Å². The smallest absolute Gasteiger partial charge is 0.294 e. The monoisotopic (exact) mass is 820 g/mol. The van der Waals surface area contributed by atoms with E-state index in [1.807, 2.05) is 0 Å². The summed E-state index contributed by atoms with van der Waals surface area (Å²) in [7, 11) is -0.564. The minimum atomic E-state index is -2.96. The van der Waals surface area contributed by atoms with E-state index in [0.29, 0.717) is 58.3 Å². The number of rotatable bonds is 8. The largest absolute Gasteiger partial charge is 0.448 e. The van der Waals surface area contributed by atoms with Crippen LogP contribution in [0.2, 0.25) is 0 Å². The normalized spacial score (nSPS) is 18.0. The van der Waals surface area contributed by atoms with Crippen LogP contribution in [0.5, 0.6) is 23.0 Å². The van der Waals surface area contributed by atoms with Gasteiger partial charge in [0.2, 0.25) is 11.9 Å². The van der Waals surface area contributed by atoms with Crippen LogP contribution in [0, 0.1) is 11.6 Å². The Balaban J connectivity index is 0.000000174. The zero-order chi connectivity index (χ0) is 40.3. The minimum Gasteiger partial charge on any atom is -0.448 e. The molecule has 2 N–H and O–H groups in total. The first kappa shape index (κ1) is 39.4. The second-order valence-corrected chi connectivity index (χ2v) is 17.6. The predicted molar refractivity (Wildman–Crippen MR) is 212 cm³/mol. The van der Waals surface area contributed by atoms with Crippen LogP contribution < -0.4 is 31.2 Å². The first-order valence-corrected chi connectivity index (χ1v) is 21.3. The highest BCUT2D eigenvalue weighted by Gasteiger charge is 2.24. The number of halogens is 2. The first-order valence-electron chi connectivity index (χ1n) is 18.0. The number of para-hydroxylation sites is 2. The summed E-state index contributed by atoms with van der Waals surface area (Å²) in [4.78, 5) is 42.7. The van der Waals surface area contributed by atoms with Crippen molar-refractivity contribution in [3.05, 3.63) is 105 Å². The van der Waals surface area contributed by atoms with Gasteiger partial charge >= 0.3 is 0 Å². The van der Waals surface area contributed by atoms with E-state index in [9.17, 15) is 31.0 Å². The van der Waals surface area contributed by atoms with Crippen molar-refractivity contribution in [3.8, 4) is 23.0 Å². The number of nitrogens with zero attached hydrogens (tertiary/aromatic N) is 6. The molecule has 2 aromatic carbocycles. The Morgan fingerprint density at radius 3 is 1.54 bits per heavy atom. The number of nitrogens with one attached hydrogen (secondary N) is 2. The average Bonchev–Trinajstić information content (AvgIpc) is 3.20. The van der Waals surface area contributed by atoms with Crippen molar-refractivity contribution in [1.29, 1.82) is 0 Å². The third-order valence-corrected chi connectivity index (χ3v) is 12.7. The standard InChI is InChI=1S/C19H19FN4O4S.C19H19FN4O3S/c1-24-17-12(10-16(18(24)25)28-15-5-3-2-4-14(15)20)11-21-19(23-17)22-13-6-8-29(26,27)9-7-13;1-24-17-12(10-16(18(24)25)27-15-5-3-2-4-14(15)20)11-21-19(23-17)22-13-6-8-28(26)9-7-13/h2-5,10-11,13H,6-9H2,1H3,(H,21,22,23);2-5,10-11,13H,6-9H2,1H3,(H,21,22,23). The molecule has 0 spiro atoms. The number of hydrogen-bond donors (Lipinski definition) is 2. The molecule has 2 saturated heterocycles. The second-order valence-electron chi connectivity index (χ2n) is 13.6. The van der Waals surface area contributed by atoms with E-state index in [1.165, 1.54) is 57.8 Å². The van der Waals surface area contributed by atoms with Crippen LogP contribution in [0.15, 0.2) is 82.6 Å². The van der Waals surface area contributed by atoms with Crippen molar-refractivity contribution in [2.75, 3.05) is 33.6 Å². The van der Waals surface area contributed by atoms with E-state index >= 15 is 0 Å². The van der Waals surface area contributed by atoms with Crippen LogP contribution in [-0.4, -0.2) is 76.8 Å². The fraction of sp³-hybridized carbons (Fsp3) is 0.316. The van der Waals surface area contributed by atoms with Crippen molar-refractivity contribution >= 4 is 54.6 Å². The molecule has 298 valence electrons. The maximum absolute atomic E-state index is 13.8. The van der Waals surface area contributed by atoms with Crippen molar-refractivity contribution < 1.29 is 30.9 Å². The van der Waals surface area contributed by atoms with Crippen LogP contribution in [0.4, 0.5) is 20.7 Å². The lowest BCUT2D eigenvalue weighted by Gasteiger charge is -2.23. The Kier molecular flexibility index (Phi) is 11.6. The number of ether oxygens (including phenoxy) is 2. The van der Waals surface area contributed by atoms with Gasteiger partial charge in [0, 0.05) is 71.7 Å². The van der Waals surface area contributed by atoms with E-state index in [-0.39, 0.29) is 46.6 Å². The number of sulfone groups is 1. The van der Waals surface area contributed by atoms with Crippen molar-refractivity contribution in [1.82, 2.24) is 29.1 Å². The van der Waals surface area contributed by atoms with Crippen molar-refractivity contribution in [2.24, 2.45) is 14.1 Å². The van der Waals surface area contributed by atoms with Gasteiger partial charge in [0.15, 0.2) is 34.6 Å². The second kappa shape index (κ2) is 16.7. The summed E-state index contributed by atoms with van der Waals surface area (Å²) >= 11 is 0. The number of pyridine rings is 2. The third-order valence-electron chi connectivity index (χ3n) is 9.55. The van der Waals surface area contributed by atoms with Gasteiger partial charge in [0.05, 0.1) is 11.5 Å². The van der Waals surface area contributed by atoms with Gasteiger partial charge in [-0.3, -0.25) is 22.9 Å². The predicted octanol–water partition coefficient (Wildman–Crippen LogP) is 4.83. The molecule has 6 aromatic rings. The fourth-order valence-electron chi connectivity index (χ4n) is 6.35. The Bertz CT molecular complexity index is 2710. The number of aryl methyl sites for hydroxylation is 2. The zero-order valence-corrected chi connectivity index (χ0v) is 32.5. The molecule has 4 aromatic heterocycles. The molecule has 0 bridgehead atoms. The number of fused-ring (bicyclic) bond motifs is 2. The third kappa shape index (κ3) is 9.26. The summed E-state index contributed by atoms with van der Waals surface area (Å²) in [6.07, 6.45) is 5.69. The van der Waals surface area contributed by atoms with Gasteiger partial charge in [-0.05, 0) is 62.1 Å². The number of hydrogen-bond acceptors (Lipinski definition) is 13. The molecule has 15 nitrogen and oxygen atoms in total. The molecule has 0 amide bonds. The average molecular weight is 821 g/mol. The van der Waals surface area contributed by atoms with Crippen LogP contribution in [0.1, 0.15) is 25.7 Å². The van der Waals surface area contributed by atoms with E-state index in [0.717, 1.165) is 12.8 Å². The van der Waals surface area contributed by atoms with Crippen LogP contribution in [-0.2, 0) is 34.7 Å². The first-order chi connectivity index (χ1) is 27.3. The van der Waals surface area contributed by atoms with Crippen LogP contribution >= 0.6 is 0 Å². The maximum Gasteiger partial charge on any atom is 0.294 e. The van der Waals surface area contributed by atoms with Gasteiger partial charge in [0.1, 0.15) is 21.1 Å². The lowest BCUT2D eigenvalue weighted by molar-refractivity contribution is 0.434. The molecule has 57 heavy (non-hydrogen) atoms. The molecular formula is C38H38F2N8O7S2. The molecule has 19 heteroatoms. The molecule has 0 unspecified atom stereocenters. The van der Waals surface area contributed by atoms with E-state index in [1.54, 1.807) is 38.5 Å². The van der Waals surface area contributed by atoms with Gasteiger partial charge in [-0.1, -0.05) is 24.3 Å². The molecular weight excluding hydrogens is 783 g/mol. The summed E-state index contributed by atoms with van der Waals surface area (Å²) in [6.45, 7) is 0. The Morgan fingerprint density at radius 1 is 0.684 bits per heavy atom. The van der Waals surface area contributed by atoms with Gasteiger partial charge in [-0.25, -0.2) is 27.2 Å². The van der Waals surface area contributed by atoms with Crippen LogP contribution in [0.3, 0.4) is 0 Å². The molecule has 2 aliphatic rings. The molecule has 8 rings (SSSR count). The summed E-state index contributed by atoms with van der Waals surface area (Å²) in [5.41, 5.74) is -0.0535. The quantitative estimate of drug-likeness (QED) is 0.213.